The number of pyridine rings is 1. The number of esters is 1. The summed E-state index contributed by atoms with van der Waals surface area (Å²) in [6, 6.07) is 19.1. The van der Waals surface area contributed by atoms with Crippen LogP contribution in [0.2, 0.25) is 0 Å². The van der Waals surface area contributed by atoms with Crippen LogP contribution in [0.15, 0.2) is 77.2 Å². The lowest BCUT2D eigenvalue weighted by atomic mass is 9.89. The molecule has 9 nitrogen and oxygen atoms in total. The van der Waals surface area contributed by atoms with Crippen LogP contribution in [0.5, 0.6) is 0 Å². The van der Waals surface area contributed by atoms with Crippen molar-refractivity contribution in [2.45, 2.75) is 46.0 Å². The molecule has 9 heteroatoms. The predicted molar refractivity (Wildman–Crippen MR) is 153 cm³/mol. The highest BCUT2D eigenvalue weighted by Crippen LogP contribution is 2.35. The van der Waals surface area contributed by atoms with E-state index in [0.717, 1.165) is 52.9 Å². The fourth-order valence-corrected chi connectivity index (χ4v) is 5.22. The summed E-state index contributed by atoms with van der Waals surface area (Å²) in [6.45, 7) is 3.67. The van der Waals surface area contributed by atoms with Gasteiger partial charge in [-0.3, -0.25) is 14.4 Å². The SMILES string of the molecule is CCOC(=O)CNC(=O)C(C)CC1=C(n2nc(-c3c(-c4ccccc4)nn4ccccc34)ccc2=O)CCCC1. The summed E-state index contributed by atoms with van der Waals surface area (Å²) in [5, 5.41) is 12.4. The van der Waals surface area contributed by atoms with E-state index in [1.807, 2.05) is 66.2 Å². The number of carbonyl (C=O) groups is 2. The van der Waals surface area contributed by atoms with Crippen molar-refractivity contribution in [1.29, 1.82) is 0 Å². The van der Waals surface area contributed by atoms with Gasteiger partial charge in [0.1, 0.15) is 12.2 Å². The van der Waals surface area contributed by atoms with E-state index in [4.69, 9.17) is 14.9 Å². The zero-order chi connectivity index (χ0) is 28.1. The van der Waals surface area contributed by atoms with Crippen molar-refractivity contribution in [3.05, 3.63) is 82.8 Å². The molecule has 1 aliphatic carbocycles. The van der Waals surface area contributed by atoms with Crippen molar-refractivity contribution >= 4 is 23.1 Å². The average molecular weight is 540 g/mol. The van der Waals surface area contributed by atoms with E-state index in [1.165, 1.54) is 4.68 Å². The third kappa shape index (κ3) is 5.73. The summed E-state index contributed by atoms with van der Waals surface area (Å²) < 4.78 is 8.24. The lowest BCUT2D eigenvalue weighted by Crippen LogP contribution is -2.35. The molecule has 4 aromatic rings. The highest BCUT2D eigenvalue weighted by molar-refractivity contribution is 5.90. The first-order valence-electron chi connectivity index (χ1n) is 13.7. The van der Waals surface area contributed by atoms with Gasteiger partial charge in [-0.05, 0) is 62.8 Å². The van der Waals surface area contributed by atoms with Gasteiger partial charge in [-0.1, -0.05) is 43.3 Å². The van der Waals surface area contributed by atoms with Crippen LogP contribution in [-0.2, 0) is 14.3 Å². The van der Waals surface area contributed by atoms with E-state index in [9.17, 15) is 14.4 Å². The van der Waals surface area contributed by atoms with Crippen molar-refractivity contribution in [3.63, 3.8) is 0 Å². The van der Waals surface area contributed by atoms with E-state index in [2.05, 4.69) is 5.32 Å². The molecular weight excluding hydrogens is 506 g/mol. The van der Waals surface area contributed by atoms with Crippen LogP contribution in [0, 0.1) is 5.92 Å². The number of allylic oxidation sites excluding steroid dienone is 2. The second-order valence-electron chi connectivity index (χ2n) is 9.97. The number of ether oxygens (including phenoxy) is 1. The molecule has 0 radical (unpaired) electrons. The number of hydrogen-bond donors (Lipinski definition) is 1. The van der Waals surface area contributed by atoms with Gasteiger partial charge in [0.2, 0.25) is 5.91 Å². The zero-order valence-corrected chi connectivity index (χ0v) is 22.8. The summed E-state index contributed by atoms with van der Waals surface area (Å²) in [5.74, 6) is -1.06. The van der Waals surface area contributed by atoms with E-state index in [1.54, 1.807) is 19.1 Å². The molecule has 1 atom stereocenters. The Bertz CT molecular complexity index is 1620. The first kappa shape index (κ1) is 27.1. The third-order valence-corrected chi connectivity index (χ3v) is 7.16. The monoisotopic (exact) mass is 539 g/mol. The molecular formula is C31H33N5O4. The predicted octanol–water partition coefficient (Wildman–Crippen LogP) is 4.72. The van der Waals surface area contributed by atoms with Gasteiger partial charge in [0.15, 0.2) is 0 Å². The lowest BCUT2D eigenvalue weighted by molar-refractivity contribution is -0.143. The number of amides is 1. The molecule has 0 bridgehead atoms. The van der Waals surface area contributed by atoms with Crippen molar-refractivity contribution in [2.75, 3.05) is 13.2 Å². The van der Waals surface area contributed by atoms with Crippen LogP contribution in [-0.4, -0.2) is 44.4 Å². The molecule has 3 aromatic heterocycles. The molecule has 40 heavy (non-hydrogen) atoms. The van der Waals surface area contributed by atoms with Gasteiger partial charge in [-0.25, -0.2) is 9.20 Å². The molecule has 0 saturated carbocycles. The third-order valence-electron chi connectivity index (χ3n) is 7.16. The van der Waals surface area contributed by atoms with Gasteiger partial charge in [0.05, 0.1) is 23.4 Å². The standard InChI is InChI=1S/C31H33N5O4/c1-3-40-28(38)20-32-31(39)21(2)19-23-13-7-8-14-25(23)36-27(37)17-16-24(33-36)29-26-15-9-10-18-35(26)34-30(29)22-11-5-4-6-12-22/h4-6,9-12,15-18,21H,3,7-8,13-14,19-20H2,1-2H3,(H,32,39). The highest BCUT2D eigenvalue weighted by atomic mass is 16.5. The second kappa shape index (κ2) is 12.1. The Hall–Kier alpha value is -4.53. The molecule has 5 rings (SSSR count). The molecule has 1 amide bonds. The Labute approximate surface area is 232 Å². The zero-order valence-electron chi connectivity index (χ0n) is 22.8. The van der Waals surface area contributed by atoms with Gasteiger partial charge < -0.3 is 10.1 Å². The maximum atomic E-state index is 13.2. The summed E-state index contributed by atoms with van der Waals surface area (Å²) in [4.78, 5) is 37.5. The number of nitrogens with one attached hydrogen (secondary N) is 1. The summed E-state index contributed by atoms with van der Waals surface area (Å²) >= 11 is 0. The largest absolute Gasteiger partial charge is 0.465 e. The molecule has 0 aliphatic heterocycles. The first-order chi connectivity index (χ1) is 19.5. The van der Waals surface area contributed by atoms with E-state index in [-0.39, 0.29) is 30.5 Å². The minimum absolute atomic E-state index is 0.157. The molecule has 1 N–H and O–H groups in total. The van der Waals surface area contributed by atoms with Crippen molar-refractivity contribution in [2.24, 2.45) is 5.92 Å². The number of benzene rings is 1. The van der Waals surface area contributed by atoms with Gasteiger partial charge in [0.25, 0.3) is 5.56 Å². The smallest absolute Gasteiger partial charge is 0.325 e. The fraction of sp³-hybridized carbons (Fsp3) is 0.323. The van der Waals surface area contributed by atoms with Crippen molar-refractivity contribution < 1.29 is 14.3 Å². The van der Waals surface area contributed by atoms with Crippen LogP contribution in [0.4, 0.5) is 0 Å². The summed E-state index contributed by atoms with van der Waals surface area (Å²) in [6.07, 6.45) is 5.79. The van der Waals surface area contributed by atoms with E-state index >= 15 is 0 Å². The molecule has 0 spiro atoms. The van der Waals surface area contributed by atoms with Crippen LogP contribution in [0.25, 0.3) is 33.7 Å². The van der Waals surface area contributed by atoms with E-state index in [0.29, 0.717) is 18.5 Å². The maximum absolute atomic E-state index is 13.2. The minimum atomic E-state index is -0.462. The normalized spacial score (nSPS) is 14.2. The number of fused-ring (bicyclic) bond motifs is 1. The Kier molecular flexibility index (Phi) is 8.19. The van der Waals surface area contributed by atoms with Crippen LogP contribution < -0.4 is 10.9 Å². The summed E-state index contributed by atoms with van der Waals surface area (Å²) in [7, 11) is 0. The fourth-order valence-electron chi connectivity index (χ4n) is 5.22. The van der Waals surface area contributed by atoms with Crippen molar-refractivity contribution in [3.8, 4) is 22.5 Å². The average Bonchev–Trinajstić information content (AvgIpc) is 3.37. The number of aromatic nitrogens is 4. The Morgan fingerprint density at radius 3 is 2.58 bits per heavy atom. The number of nitrogens with zero attached hydrogens (tertiary/aromatic N) is 4. The lowest BCUT2D eigenvalue weighted by Gasteiger charge is -2.23. The van der Waals surface area contributed by atoms with Gasteiger partial charge in [0, 0.05) is 29.4 Å². The Morgan fingerprint density at radius 1 is 1.00 bits per heavy atom. The molecule has 3 heterocycles. The number of carbonyl (C=O) groups excluding carboxylic acids is 2. The minimum Gasteiger partial charge on any atom is -0.465 e. The van der Waals surface area contributed by atoms with E-state index < -0.39 is 5.97 Å². The molecule has 1 aliphatic rings. The highest BCUT2D eigenvalue weighted by Gasteiger charge is 2.24. The molecule has 1 unspecified atom stereocenters. The number of rotatable bonds is 9. The van der Waals surface area contributed by atoms with Crippen molar-refractivity contribution in [1.82, 2.24) is 24.7 Å². The molecule has 0 fully saturated rings. The quantitative estimate of drug-likeness (QED) is 0.309. The van der Waals surface area contributed by atoms with Gasteiger partial charge in [-0.15, -0.1) is 0 Å². The number of hydrogen-bond acceptors (Lipinski definition) is 6. The van der Waals surface area contributed by atoms with Crippen LogP contribution >= 0.6 is 0 Å². The Balaban J connectivity index is 1.51. The Morgan fingerprint density at radius 2 is 1.77 bits per heavy atom. The second-order valence-corrected chi connectivity index (χ2v) is 9.97. The molecule has 0 saturated heterocycles. The first-order valence-corrected chi connectivity index (χ1v) is 13.7. The van der Waals surface area contributed by atoms with Gasteiger partial charge in [-0.2, -0.15) is 10.2 Å². The van der Waals surface area contributed by atoms with Crippen LogP contribution in [0.3, 0.4) is 0 Å². The molecule has 206 valence electrons. The van der Waals surface area contributed by atoms with Gasteiger partial charge >= 0.3 is 5.97 Å². The topological polar surface area (TPSA) is 108 Å². The maximum Gasteiger partial charge on any atom is 0.325 e. The summed E-state index contributed by atoms with van der Waals surface area (Å²) in [5.41, 5.74) is 5.82. The molecule has 1 aromatic carbocycles. The van der Waals surface area contributed by atoms with Crippen LogP contribution in [0.1, 0.15) is 46.0 Å².